The summed E-state index contributed by atoms with van der Waals surface area (Å²) < 4.78 is 0. The zero-order chi connectivity index (χ0) is 13.3. The second-order valence-electron chi connectivity index (χ2n) is 2.20. The molecule has 0 atom stereocenters. The van der Waals surface area contributed by atoms with Crippen LogP contribution in [-0.2, 0) is 0 Å². The number of nitrogens with zero attached hydrogens (tertiary/aromatic N) is 4. The molecule has 0 amide bonds. The smallest absolute Gasteiger partial charge is 0.257 e. The van der Waals surface area contributed by atoms with Crippen molar-refractivity contribution in [3.63, 3.8) is 0 Å². The van der Waals surface area contributed by atoms with Gasteiger partial charge in [-0.3, -0.25) is 40.5 Å². The van der Waals surface area contributed by atoms with Gasteiger partial charge in [0, 0.05) is 0 Å². The molecule has 0 unspecified atom stereocenters. The molecule has 0 aliphatic heterocycles. The fourth-order valence-corrected chi connectivity index (χ4v) is 0.874. The molecule has 16 heavy (non-hydrogen) atoms. The Hall–Kier alpha value is -1.82. The molecule has 0 saturated heterocycles. The zero-order valence-electron chi connectivity index (χ0n) is 6.81. The highest BCUT2D eigenvalue weighted by molar-refractivity contribution is 6.31. The maximum atomic E-state index is 10.3. The topological polar surface area (TPSA) is 173 Å². The Morgan fingerprint density at radius 3 is 0.812 bits per heavy atom. The molecule has 0 aliphatic carbocycles. The van der Waals surface area contributed by atoms with Gasteiger partial charge >= 0.3 is 10.2 Å². The third kappa shape index (κ3) is 1.57. The van der Waals surface area contributed by atoms with Crippen molar-refractivity contribution in [2.24, 2.45) is 0 Å². The Labute approximate surface area is 94.3 Å². The number of rotatable bonds is 5. The number of nitro groups is 4. The lowest BCUT2D eigenvalue weighted by molar-refractivity contribution is -0.897. The van der Waals surface area contributed by atoms with Gasteiger partial charge in [0.2, 0.25) is 0 Å². The van der Waals surface area contributed by atoms with Crippen LogP contribution in [0, 0.1) is 40.5 Å². The monoisotopic (exact) mass is 278 g/mol. The van der Waals surface area contributed by atoms with Crippen LogP contribution >= 0.6 is 23.2 Å². The molecule has 12 nitrogen and oxygen atoms in total. The van der Waals surface area contributed by atoms with E-state index in [-0.39, 0.29) is 0 Å². The minimum atomic E-state index is -4.32. The molecule has 0 spiro atoms. The van der Waals surface area contributed by atoms with Gasteiger partial charge in [0.25, 0.3) is 0 Å². The summed E-state index contributed by atoms with van der Waals surface area (Å²) in [6.07, 6.45) is 0. The summed E-state index contributed by atoms with van der Waals surface area (Å²) in [5.41, 5.74) is 0. The maximum Gasteiger partial charge on any atom is 0.694 e. The Morgan fingerprint density at radius 1 is 0.625 bits per heavy atom. The predicted molar refractivity (Wildman–Crippen MR) is 45.1 cm³/mol. The Morgan fingerprint density at radius 2 is 0.750 bits per heavy atom. The van der Waals surface area contributed by atoms with Gasteiger partial charge in [-0.25, -0.2) is 0 Å². The van der Waals surface area contributed by atoms with Crippen LogP contribution < -0.4 is 0 Å². The summed E-state index contributed by atoms with van der Waals surface area (Å²) in [7, 11) is 0. The maximum absolute atomic E-state index is 10.3. The molecule has 0 heterocycles. The highest BCUT2D eigenvalue weighted by atomic mass is 35.5. The van der Waals surface area contributed by atoms with Crippen molar-refractivity contribution in [1.29, 1.82) is 0 Å². The van der Waals surface area contributed by atoms with Crippen molar-refractivity contribution in [3.05, 3.63) is 40.5 Å². The second kappa shape index (κ2) is 3.97. The van der Waals surface area contributed by atoms with E-state index in [9.17, 15) is 40.5 Å². The van der Waals surface area contributed by atoms with Crippen molar-refractivity contribution < 1.29 is 19.7 Å². The largest absolute Gasteiger partial charge is 0.694 e. The molecule has 0 aromatic heterocycles. The zero-order valence-corrected chi connectivity index (χ0v) is 8.32. The van der Waals surface area contributed by atoms with E-state index < -0.39 is 29.9 Å². The second-order valence-corrected chi connectivity index (χ2v) is 3.26. The van der Waals surface area contributed by atoms with Gasteiger partial charge in [-0.15, -0.1) is 0 Å². The van der Waals surface area contributed by atoms with Crippen LogP contribution in [0.4, 0.5) is 0 Å². The van der Waals surface area contributed by atoms with Crippen LogP contribution in [0.3, 0.4) is 0 Å². The van der Waals surface area contributed by atoms with E-state index in [1.807, 2.05) is 0 Å². The van der Waals surface area contributed by atoms with E-state index in [4.69, 9.17) is 23.2 Å². The molecule has 90 valence electrons. The third-order valence-electron chi connectivity index (χ3n) is 1.37. The quantitative estimate of drug-likeness (QED) is 0.220. The first-order chi connectivity index (χ1) is 7.02. The van der Waals surface area contributed by atoms with Gasteiger partial charge in [-0.05, 0) is 0 Å². The van der Waals surface area contributed by atoms with E-state index in [0.717, 1.165) is 0 Å². The van der Waals surface area contributed by atoms with Crippen LogP contribution in [-0.4, -0.2) is 29.9 Å². The van der Waals surface area contributed by atoms with E-state index in [2.05, 4.69) is 0 Å². The highest BCUT2D eigenvalue weighted by Gasteiger charge is 2.92. The van der Waals surface area contributed by atoms with Crippen LogP contribution in [0.2, 0.25) is 0 Å². The van der Waals surface area contributed by atoms with Crippen LogP contribution in [0.25, 0.3) is 0 Å². The summed E-state index contributed by atoms with van der Waals surface area (Å²) in [6, 6.07) is 0. The van der Waals surface area contributed by atoms with Crippen LogP contribution in [0.15, 0.2) is 0 Å². The molecule has 0 N–H and O–H groups in total. The number of alkyl halides is 2. The van der Waals surface area contributed by atoms with Gasteiger partial charge in [-0.1, -0.05) is 0 Å². The van der Waals surface area contributed by atoms with Crippen molar-refractivity contribution >= 4 is 23.2 Å². The number of halogens is 2. The number of hydrogen-bond acceptors (Lipinski definition) is 8. The molecule has 0 fully saturated rings. The first-order valence-corrected chi connectivity index (χ1v) is 3.74. The lowest BCUT2D eigenvalue weighted by Gasteiger charge is -2.13. The minimum absolute atomic E-state index is 2.02. The van der Waals surface area contributed by atoms with Crippen molar-refractivity contribution in [2.45, 2.75) is 10.2 Å². The van der Waals surface area contributed by atoms with Crippen molar-refractivity contribution in [3.8, 4) is 0 Å². The average Bonchev–Trinajstić information content (AvgIpc) is 2.13. The molecule has 0 aliphatic rings. The van der Waals surface area contributed by atoms with Crippen molar-refractivity contribution in [1.82, 2.24) is 0 Å². The fourth-order valence-electron chi connectivity index (χ4n) is 0.598. The lowest BCUT2D eigenvalue weighted by atomic mass is 10.4. The van der Waals surface area contributed by atoms with Gasteiger partial charge in [0.05, 0.1) is 23.2 Å². The summed E-state index contributed by atoms with van der Waals surface area (Å²) in [5, 5.41) is 32.4. The van der Waals surface area contributed by atoms with Crippen LogP contribution in [0.5, 0.6) is 0 Å². The predicted octanol–water partition coefficient (Wildman–Crippen LogP) is -0.122. The minimum Gasteiger partial charge on any atom is -0.257 e. The Bertz CT molecular complexity index is 316. The molecular weight excluding hydrogens is 279 g/mol. The van der Waals surface area contributed by atoms with Crippen molar-refractivity contribution in [2.75, 3.05) is 0 Å². The molecule has 0 aromatic carbocycles. The van der Waals surface area contributed by atoms with E-state index in [0.29, 0.717) is 0 Å². The van der Waals surface area contributed by atoms with Gasteiger partial charge < -0.3 is 0 Å². The highest BCUT2D eigenvalue weighted by Crippen LogP contribution is 2.37. The van der Waals surface area contributed by atoms with Gasteiger partial charge in [0.1, 0.15) is 19.7 Å². The standard InChI is InChI=1S/C2Cl2N4O8/c3-1(5(9)10,6(11)12)2(4,7(13)14)8(15)16. The summed E-state index contributed by atoms with van der Waals surface area (Å²) in [5.74, 6) is 0. The molecule has 0 saturated carbocycles. The van der Waals surface area contributed by atoms with E-state index in [1.54, 1.807) is 0 Å². The fraction of sp³-hybridized carbons (Fsp3) is 1.00. The molecule has 0 bridgehead atoms. The summed E-state index contributed by atoms with van der Waals surface area (Å²) >= 11 is 9.39. The Kier molecular flexibility index (Phi) is 3.52. The molecule has 0 radical (unpaired) electrons. The normalized spacial score (nSPS) is 11.9. The van der Waals surface area contributed by atoms with Gasteiger partial charge in [0.15, 0.2) is 0 Å². The number of hydrogen-bond donors (Lipinski definition) is 0. The third-order valence-corrected chi connectivity index (χ3v) is 2.55. The lowest BCUT2D eigenvalue weighted by Crippen LogP contribution is -2.65. The Balaban J connectivity index is 6.05. The molecule has 0 aromatic rings. The molecular formula is C2Cl2N4O8. The van der Waals surface area contributed by atoms with E-state index in [1.165, 1.54) is 0 Å². The first kappa shape index (κ1) is 14.2. The average molecular weight is 279 g/mol. The van der Waals surface area contributed by atoms with Crippen LogP contribution in [0.1, 0.15) is 0 Å². The summed E-state index contributed by atoms with van der Waals surface area (Å²) in [6.45, 7) is 0. The van der Waals surface area contributed by atoms with Gasteiger partial charge in [-0.2, -0.15) is 0 Å². The SMILES string of the molecule is O=[N+]([O-])C(Cl)([N+](=O)[O-])C(Cl)([N+](=O)[O-])[N+](=O)[O-]. The first-order valence-electron chi connectivity index (χ1n) is 2.98. The molecule has 0 rings (SSSR count). The molecule has 14 heteroatoms. The summed E-state index contributed by atoms with van der Waals surface area (Å²) in [4.78, 5) is 32.9. The van der Waals surface area contributed by atoms with E-state index >= 15 is 0 Å².